The third kappa shape index (κ3) is 5.51. The van der Waals surface area contributed by atoms with Gasteiger partial charge in [0.2, 0.25) is 0 Å². The lowest BCUT2D eigenvalue weighted by Gasteiger charge is -2.21. The number of nitrogens with one attached hydrogen (secondary N) is 1. The lowest BCUT2D eigenvalue weighted by molar-refractivity contribution is 0.359. The second-order valence-electron chi connectivity index (χ2n) is 5.07. The number of halogens is 1. The van der Waals surface area contributed by atoms with Crippen molar-refractivity contribution in [1.29, 1.82) is 0 Å². The van der Waals surface area contributed by atoms with Gasteiger partial charge >= 0.3 is 0 Å². The van der Waals surface area contributed by atoms with Gasteiger partial charge in [-0.3, -0.25) is 0 Å². The van der Waals surface area contributed by atoms with Gasteiger partial charge in [0.1, 0.15) is 12.4 Å². The average Bonchev–Trinajstić information content (AvgIpc) is 3.04. The van der Waals surface area contributed by atoms with E-state index in [0.29, 0.717) is 13.2 Å². The number of hydrogen-bond donors (Lipinski definition) is 1. The number of benzene rings is 1. The molecule has 0 amide bonds. The van der Waals surface area contributed by atoms with Crippen molar-refractivity contribution in [2.24, 2.45) is 4.99 Å². The van der Waals surface area contributed by atoms with Crippen LogP contribution in [0.4, 0.5) is 0 Å². The fourth-order valence-corrected chi connectivity index (χ4v) is 2.44. The predicted octanol–water partition coefficient (Wildman–Crippen LogP) is 3.43. The molecule has 1 saturated heterocycles. The van der Waals surface area contributed by atoms with Gasteiger partial charge in [-0.1, -0.05) is 30.9 Å². The number of ether oxygens (including phenoxy) is 1. The van der Waals surface area contributed by atoms with Crippen LogP contribution in [-0.4, -0.2) is 37.1 Å². The second kappa shape index (κ2) is 10.5. The topological polar surface area (TPSA) is 36.9 Å². The monoisotopic (exact) mass is 415 g/mol. The Hall–Kier alpha value is -1.24. The number of guanidine groups is 1. The zero-order valence-electron chi connectivity index (χ0n) is 13.3. The van der Waals surface area contributed by atoms with Crippen LogP contribution in [0, 0.1) is 0 Å². The van der Waals surface area contributed by atoms with Gasteiger partial charge < -0.3 is 15.0 Å². The fraction of sp³-hybridized carbons (Fsp3) is 0.471. The zero-order valence-corrected chi connectivity index (χ0v) is 15.6. The summed E-state index contributed by atoms with van der Waals surface area (Å²) >= 11 is 0. The number of likely N-dealkylation sites (tertiary alicyclic amines) is 1. The van der Waals surface area contributed by atoms with E-state index in [0.717, 1.165) is 36.9 Å². The number of rotatable bonds is 6. The van der Waals surface area contributed by atoms with Crippen LogP contribution in [0.5, 0.6) is 5.75 Å². The molecule has 1 heterocycles. The minimum Gasteiger partial charge on any atom is -0.489 e. The van der Waals surface area contributed by atoms with Crippen LogP contribution < -0.4 is 10.1 Å². The Morgan fingerprint density at radius 1 is 1.36 bits per heavy atom. The molecule has 0 aliphatic carbocycles. The van der Waals surface area contributed by atoms with Crippen LogP contribution in [0.3, 0.4) is 0 Å². The standard InChI is InChI=1S/C17H25N3O.HI/c1-3-13-21-16-10-6-5-9-15(16)14-19-17(18-4-2)20-11-7-8-12-20;/h3,5-6,9-10H,1,4,7-8,11-14H2,2H3,(H,18,19);1H. The number of para-hydroxylation sites is 1. The molecule has 1 N–H and O–H groups in total. The molecule has 0 unspecified atom stereocenters. The van der Waals surface area contributed by atoms with Gasteiger partial charge in [-0.2, -0.15) is 0 Å². The van der Waals surface area contributed by atoms with E-state index in [1.165, 1.54) is 12.8 Å². The fourth-order valence-electron chi connectivity index (χ4n) is 2.44. The first-order chi connectivity index (χ1) is 10.3. The molecule has 22 heavy (non-hydrogen) atoms. The molecule has 1 aliphatic heterocycles. The molecule has 0 spiro atoms. The van der Waals surface area contributed by atoms with Crippen molar-refractivity contribution in [1.82, 2.24) is 10.2 Å². The molecule has 0 saturated carbocycles. The summed E-state index contributed by atoms with van der Waals surface area (Å²) < 4.78 is 5.68. The van der Waals surface area contributed by atoms with E-state index in [-0.39, 0.29) is 24.0 Å². The minimum atomic E-state index is 0. The smallest absolute Gasteiger partial charge is 0.194 e. The Morgan fingerprint density at radius 3 is 2.77 bits per heavy atom. The molecule has 4 nitrogen and oxygen atoms in total. The second-order valence-corrected chi connectivity index (χ2v) is 5.07. The van der Waals surface area contributed by atoms with Crippen molar-refractivity contribution < 1.29 is 4.74 Å². The molecule has 0 atom stereocenters. The van der Waals surface area contributed by atoms with E-state index in [1.807, 2.05) is 18.2 Å². The van der Waals surface area contributed by atoms with Gasteiger partial charge in [0.15, 0.2) is 5.96 Å². The first-order valence-electron chi connectivity index (χ1n) is 7.70. The van der Waals surface area contributed by atoms with E-state index >= 15 is 0 Å². The zero-order chi connectivity index (χ0) is 14.9. The Kier molecular flexibility index (Phi) is 8.96. The molecule has 2 rings (SSSR count). The predicted molar refractivity (Wildman–Crippen MR) is 103 cm³/mol. The average molecular weight is 415 g/mol. The van der Waals surface area contributed by atoms with Crippen LogP contribution in [0.1, 0.15) is 25.3 Å². The quantitative estimate of drug-likeness (QED) is 0.335. The van der Waals surface area contributed by atoms with Crippen molar-refractivity contribution in [3.8, 4) is 5.75 Å². The number of aliphatic imine (C=N–C) groups is 1. The normalized spacial score (nSPS) is 14.4. The summed E-state index contributed by atoms with van der Waals surface area (Å²) in [6.07, 6.45) is 4.27. The van der Waals surface area contributed by atoms with E-state index < -0.39 is 0 Å². The molecular weight excluding hydrogens is 389 g/mol. The van der Waals surface area contributed by atoms with Gasteiger partial charge in [-0.15, -0.1) is 24.0 Å². The summed E-state index contributed by atoms with van der Waals surface area (Å²) in [4.78, 5) is 7.09. The van der Waals surface area contributed by atoms with Crippen LogP contribution in [0.25, 0.3) is 0 Å². The van der Waals surface area contributed by atoms with Gasteiger partial charge in [-0.05, 0) is 25.8 Å². The van der Waals surface area contributed by atoms with Crippen molar-refractivity contribution in [3.05, 3.63) is 42.5 Å². The summed E-state index contributed by atoms with van der Waals surface area (Å²) in [7, 11) is 0. The van der Waals surface area contributed by atoms with Gasteiger partial charge in [0, 0.05) is 25.2 Å². The molecule has 1 fully saturated rings. The summed E-state index contributed by atoms with van der Waals surface area (Å²) in [6.45, 7) is 10.0. The molecule has 0 bridgehead atoms. The Bertz CT molecular complexity index is 485. The largest absolute Gasteiger partial charge is 0.489 e. The third-order valence-electron chi connectivity index (χ3n) is 3.47. The van der Waals surface area contributed by atoms with E-state index in [4.69, 9.17) is 9.73 Å². The van der Waals surface area contributed by atoms with Crippen molar-refractivity contribution in [2.75, 3.05) is 26.2 Å². The van der Waals surface area contributed by atoms with Crippen molar-refractivity contribution >= 4 is 29.9 Å². The Labute approximate surface area is 150 Å². The first-order valence-corrected chi connectivity index (χ1v) is 7.70. The molecule has 5 heteroatoms. The summed E-state index contributed by atoms with van der Waals surface area (Å²) in [5, 5.41) is 3.38. The maximum Gasteiger partial charge on any atom is 0.194 e. The van der Waals surface area contributed by atoms with E-state index in [2.05, 4.69) is 29.8 Å². The van der Waals surface area contributed by atoms with Gasteiger partial charge in [0.25, 0.3) is 0 Å². The molecule has 0 radical (unpaired) electrons. The van der Waals surface area contributed by atoms with Crippen molar-refractivity contribution in [3.63, 3.8) is 0 Å². The maximum absolute atomic E-state index is 5.68. The number of nitrogens with zero attached hydrogens (tertiary/aromatic N) is 2. The number of hydrogen-bond acceptors (Lipinski definition) is 2. The molecular formula is C17H26IN3O. The van der Waals surface area contributed by atoms with E-state index in [9.17, 15) is 0 Å². The molecule has 1 aromatic carbocycles. The van der Waals surface area contributed by atoms with E-state index in [1.54, 1.807) is 6.08 Å². The van der Waals surface area contributed by atoms with Gasteiger partial charge in [-0.25, -0.2) is 4.99 Å². The highest BCUT2D eigenvalue weighted by Gasteiger charge is 2.15. The molecule has 1 aromatic rings. The molecule has 122 valence electrons. The first kappa shape index (κ1) is 18.8. The van der Waals surface area contributed by atoms with Crippen LogP contribution >= 0.6 is 24.0 Å². The van der Waals surface area contributed by atoms with Gasteiger partial charge in [0.05, 0.1) is 6.54 Å². The maximum atomic E-state index is 5.68. The highest BCUT2D eigenvalue weighted by molar-refractivity contribution is 14.0. The molecule has 0 aromatic heterocycles. The summed E-state index contributed by atoms with van der Waals surface area (Å²) in [5.74, 6) is 1.90. The highest BCUT2D eigenvalue weighted by Crippen LogP contribution is 2.19. The highest BCUT2D eigenvalue weighted by atomic mass is 127. The Balaban J connectivity index is 0.00000242. The summed E-state index contributed by atoms with van der Waals surface area (Å²) in [6, 6.07) is 8.05. The lowest BCUT2D eigenvalue weighted by Crippen LogP contribution is -2.39. The summed E-state index contributed by atoms with van der Waals surface area (Å²) in [5.41, 5.74) is 1.11. The van der Waals surface area contributed by atoms with Crippen LogP contribution in [0.2, 0.25) is 0 Å². The van der Waals surface area contributed by atoms with Crippen LogP contribution in [-0.2, 0) is 6.54 Å². The SMILES string of the molecule is C=CCOc1ccccc1CN=C(NCC)N1CCCC1.I. The van der Waals surface area contributed by atoms with Crippen molar-refractivity contribution in [2.45, 2.75) is 26.3 Å². The Morgan fingerprint density at radius 2 is 2.09 bits per heavy atom. The van der Waals surface area contributed by atoms with Crippen LogP contribution in [0.15, 0.2) is 41.9 Å². The minimum absolute atomic E-state index is 0. The lowest BCUT2D eigenvalue weighted by atomic mass is 10.2. The molecule has 1 aliphatic rings. The third-order valence-corrected chi connectivity index (χ3v) is 3.47.